The molecule has 1 atom stereocenters. The first-order valence-electron chi connectivity index (χ1n) is 10.4. The Kier molecular flexibility index (Phi) is 4.82. The lowest BCUT2D eigenvalue weighted by atomic mass is 10.0. The molecule has 0 radical (unpaired) electrons. The Labute approximate surface area is 145 Å². The van der Waals surface area contributed by atoms with Gasteiger partial charge in [0, 0.05) is 31.1 Å². The Bertz CT molecular complexity index is 458. The van der Waals surface area contributed by atoms with Crippen molar-refractivity contribution in [2.24, 2.45) is 5.92 Å². The molecule has 0 aromatic heterocycles. The maximum absolute atomic E-state index is 13.4. The summed E-state index contributed by atoms with van der Waals surface area (Å²) in [6.07, 6.45) is 15.0. The van der Waals surface area contributed by atoms with Gasteiger partial charge in [-0.15, -0.1) is 0 Å². The van der Waals surface area contributed by atoms with Crippen LogP contribution in [0.5, 0.6) is 0 Å². The van der Waals surface area contributed by atoms with Gasteiger partial charge >= 0.3 is 0 Å². The van der Waals surface area contributed by atoms with Crippen LogP contribution in [0, 0.1) is 5.92 Å². The lowest BCUT2D eigenvalue weighted by molar-refractivity contribution is -0.140. The summed E-state index contributed by atoms with van der Waals surface area (Å²) in [7, 11) is 0. The van der Waals surface area contributed by atoms with Gasteiger partial charge in [0.2, 0.25) is 11.8 Å². The predicted molar refractivity (Wildman–Crippen MR) is 93.4 cm³/mol. The lowest BCUT2D eigenvalue weighted by Crippen LogP contribution is -2.48. The fourth-order valence-corrected chi connectivity index (χ4v) is 5.70. The first kappa shape index (κ1) is 16.4. The van der Waals surface area contributed by atoms with Crippen LogP contribution in [-0.4, -0.2) is 46.3 Å². The van der Waals surface area contributed by atoms with Crippen molar-refractivity contribution in [1.82, 2.24) is 9.80 Å². The summed E-state index contributed by atoms with van der Waals surface area (Å²) in [4.78, 5) is 30.2. The number of likely N-dealkylation sites (tertiary alicyclic amines) is 1. The van der Waals surface area contributed by atoms with Crippen LogP contribution in [0.25, 0.3) is 0 Å². The van der Waals surface area contributed by atoms with Crippen LogP contribution >= 0.6 is 0 Å². The molecule has 3 saturated carbocycles. The van der Waals surface area contributed by atoms with Gasteiger partial charge in [-0.25, -0.2) is 0 Å². The van der Waals surface area contributed by atoms with Crippen molar-refractivity contribution in [3.63, 3.8) is 0 Å². The van der Waals surface area contributed by atoms with E-state index in [1.54, 1.807) is 0 Å². The molecule has 1 heterocycles. The van der Waals surface area contributed by atoms with Crippen molar-refractivity contribution < 1.29 is 9.59 Å². The zero-order valence-corrected chi connectivity index (χ0v) is 14.9. The molecule has 0 aromatic rings. The third kappa shape index (κ3) is 3.09. The number of carbonyl (C=O) groups excluding carboxylic acids is 2. The van der Waals surface area contributed by atoms with E-state index in [0.717, 1.165) is 12.8 Å². The number of hydrogen-bond donors (Lipinski definition) is 0. The van der Waals surface area contributed by atoms with Gasteiger partial charge in [-0.3, -0.25) is 9.59 Å². The average molecular weight is 332 g/mol. The normalized spacial score (nSPS) is 29.9. The number of hydrogen-bond acceptors (Lipinski definition) is 2. The van der Waals surface area contributed by atoms with E-state index < -0.39 is 0 Å². The molecule has 24 heavy (non-hydrogen) atoms. The highest BCUT2D eigenvalue weighted by molar-refractivity contribution is 5.89. The summed E-state index contributed by atoms with van der Waals surface area (Å²) in [5, 5.41) is 0. The molecule has 1 unspecified atom stereocenters. The summed E-state index contributed by atoms with van der Waals surface area (Å²) in [5.41, 5.74) is 0. The molecule has 0 bridgehead atoms. The number of carbonyl (C=O) groups is 2. The minimum atomic E-state index is -0.0701. The maximum atomic E-state index is 13.4. The zero-order valence-electron chi connectivity index (χ0n) is 14.9. The van der Waals surface area contributed by atoms with Crippen LogP contribution in [0.3, 0.4) is 0 Å². The first-order chi connectivity index (χ1) is 11.7. The van der Waals surface area contributed by atoms with Gasteiger partial charge < -0.3 is 9.80 Å². The van der Waals surface area contributed by atoms with Gasteiger partial charge in [0.1, 0.15) is 0 Å². The van der Waals surface area contributed by atoms with Crippen LogP contribution < -0.4 is 0 Å². The molecule has 134 valence electrons. The van der Waals surface area contributed by atoms with Crippen LogP contribution in [0.15, 0.2) is 0 Å². The Morgan fingerprint density at radius 1 is 0.833 bits per heavy atom. The monoisotopic (exact) mass is 332 g/mol. The smallest absolute Gasteiger partial charge is 0.228 e. The second-order valence-electron chi connectivity index (χ2n) is 8.51. The number of amides is 2. The van der Waals surface area contributed by atoms with Crippen LogP contribution in [-0.2, 0) is 9.59 Å². The molecule has 0 spiro atoms. The van der Waals surface area contributed by atoms with Gasteiger partial charge in [0.25, 0.3) is 0 Å². The van der Waals surface area contributed by atoms with Crippen molar-refractivity contribution in [1.29, 1.82) is 0 Å². The van der Waals surface area contributed by atoms with E-state index in [1.807, 2.05) is 0 Å². The van der Waals surface area contributed by atoms with Crippen molar-refractivity contribution in [3.8, 4) is 0 Å². The van der Waals surface area contributed by atoms with Crippen LogP contribution in [0.2, 0.25) is 0 Å². The molecule has 0 aromatic carbocycles. The fraction of sp³-hybridized carbons (Fsp3) is 0.900. The third-order valence-electron chi connectivity index (χ3n) is 6.96. The third-order valence-corrected chi connectivity index (χ3v) is 6.96. The first-order valence-corrected chi connectivity index (χ1v) is 10.4. The maximum Gasteiger partial charge on any atom is 0.228 e. The van der Waals surface area contributed by atoms with Crippen molar-refractivity contribution in [3.05, 3.63) is 0 Å². The van der Waals surface area contributed by atoms with E-state index in [9.17, 15) is 9.59 Å². The molecule has 4 nitrogen and oxygen atoms in total. The molecular formula is C20H32N2O2. The van der Waals surface area contributed by atoms with E-state index in [4.69, 9.17) is 0 Å². The molecule has 4 fully saturated rings. The molecule has 1 saturated heterocycles. The summed E-state index contributed by atoms with van der Waals surface area (Å²) < 4.78 is 0. The summed E-state index contributed by atoms with van der Waals surface area (Å²) in [6.45, 7) is 0.693. The Hall–Kier alpha value is -1.06. The Morgan fingerprint density at radius 2 is 1.33 bits per heavy atom. The molecule has 4 heteroatoms. The van der Waals surface area contributed by atoms with Gasteiger partial charge in [0.05, 0.1) is 5.92 Å². The predicted octanol–water partition coefficient (Wildman–Crippen LogP) is 3.49. The van der Waals surface area contributed by atoms with E-state index >= 15 is 0 Å². The minimum Gasteiger partial charge on any atom is -0.339 e. The SMILES string of the molecule is O=C1CC(C(=O)N(C2CCCC2)C2CCCC2)CN1C1CCCC1. The standard InChI is InChI=1S/C20H32N2O2/c23-19-13-15(14-21(19)16-7-1-2-8-16)20(24)22(17-9-3-4-10-17)18-11-5-6-12-18/h15-18H,1-14H2. The summed E-state index contributed by atoms with van der Waals surface area (Å²) in [6, 6.07) is 1.33. The molecule has 1 aliphatic heterocycles. The average Bonchev–Trinajstić information content (AvgIpc) is 3.36. The van der Waals surface area contributed by atoms with Crippen molar-refractivity contribution >= 4 is 11.8 Å². The highest BCUT2D eigenvalue weighted by Crippen LogP contribution is 2.35. The molecule has 3 aliphatic carbocycles. The lowest BCUT2D eigenvalue weighted by Gasteiger charge is -2.36. The van der Waals surface area contributed by atoms with Crippen LogP contribution in [0.1, 0.15) is 83.5 Å². The second kappa shape index (κ2) is 7.05. The van der Waals surface area contributed by atoms with E-state index in [0.29, 0.717) is 37.0 Å². The summed E-state index contributed by atoms with van der Waals surface area (Å²) in [5.74, 6) is 0.472. The molecule has 2 amide bonds. The van der Waals surface area contributed by atoms with E-state index in [1.165, 1.54) is 64.2 Å². The number of rotatable bonds is 4. The largest absolute Gasteiger partial charge is 0.339 e. The molecule has 4 aliphatic rings. The zero-order chi connectivity index (χ0) is 16.5. The second-order valence-corrected chi connectivity index (χ2v) is 8.51. The Morgan fingerprint density at radius 3 is 1.88 bits per heavy atom. The van der Waals surface area contributed by atoms with Crippen molar-refractivity contribution in [2.75, 3.05) is 6.54 Å². The fourth-order valence-electron chi connectivity index (χ4n) is 5.70. The number of nitrogens with zero attached hydrogens (tertiary/aromatic N) is 2. The van der Waals surface area contributed by atoms with Crippen LogP contribution in [0.4, 0.5) is 0 Å². The highest BCUT2D eigenvalue weighted by Gasteiger charge is 2.43. The van der Waals surface area contributed by atoms with Gasteiger partial charge in [-0.05, 0) is 38.5 Å². The molecular weight excluding hydrogens is 300 g/mol. The van der Waals surface area contributed by atoms with E-state index in [2.05, 4.69) is 9.80 Å². The van der Waals surface area contributed by atoms with Crippen molar-refractivity contribution in [2.45, 2.75) is 102 Å². The topological polar surface area (TPSA) is 40.6 Å². The van der Waals surface area contributed by atoms with Gasteiger partial charge in [-0.1, -0.05) is 38.5 Å². The molecule has 0 N–H and O–H groups in total. The Balaban J connectivity index is 1.46. The minimum absolute atomic E-state index is 0.0701. The van der Waals surface area contributed by atoms with Gasteiger partial charge in [0.15, 0.2) is 0 Å². The van der Waals surface area contributed by atoms with Gasteiger partial charge in [-0.2, -0.15) is 0 Å². The van der Waals surface area contributed by atoms with E-state index in [-0.39, 0.29) is 11.8 Å². The summed E-state index contributed by atoms with van der Waals surface area (Å²) >= 11 is 0. The molecule has 4 rings (SSSR count). The quantitative estimate of drug-likeness (QED) is 0.790. The highest BCUT2D eigenvalue weighted by atomic mass is 16.2.